The predicted octanol–water partition coefficient (Wildman–Crippen LogP) is 4.80. The van der Waals surface area contributed by atoms with Crippen LogP contribution in [0.5, 0.6) is 5.75 Å². The Morgan fingerprint density at radius 2 is 2.26 bits per heavy atom. The summed E-state index contributed by atoms with van der Waals surface area (Å²) < 4.78 is 19.0. The summed E-state index contributed by atoms with van der Waals surface area (Å²) in [6, 6.07) is 4.63. The molecule has 1 aromatic carbocycles. The van der Waals surface area contributed by atoms with Gasteiger partial charge in [0, 0.05) is 11.8 Å². The van der Waals surface area contributed by atoms with Crippen LogP contribution in [0.3, 0.4) is 0 Å². The van der Waals surface area contributed by atoms with E-state index in [0.717, 1.165) is 23.5 Å². The first kappa shape index (κ1) is 14.8. The summed E-state index contributed by atoms with van der Waals surface area (Å²) in [5.74, 6) is 0.828. The molecule has 2 rings (SSSR count). The van der Waals surface area contributed by atoms with E-state index in [1.54, 1.807) is 23.5 Å². The molecule has 0 bridgehead atoms. The molecule has 1 aromatic heterocycles. The fourth-order valence-electron chi connectivity index (χ4n) is 1.51. The third-order valence-electron chi connectivity index (χ3n) is 2.43. The highest BCUT2D eigenvalue weighted by Crippen LogP contribution is 2.22. The van der Waals surface area contributed by atoms with E-state index in [2.05, 4.69) is 20.9 Å². The Morgan fingerprint density at radius 3 is 2.95 bits per heavy atom. The van der Waals surface area contributed by atoms with Crippen molar-refractivity contribution in [3.05, 3.63) is 44.6 Å². The molecular weight excluding hydrogens is 353 g/mol. The number of hydrogen-bond donors (Lipinski definition) is 0. The minimum absolute atomic E-state index is 0.288. The van der Waals surface area contributed by atoms with Crippen LogP contribution < -0.4 is 4.74 Å². The number of aromatic nitrogens is 1. The van der Waals surface area contributed by atoms with Crippen molar-refractivity contribution in [2.45, 2.75) is 18.7 Å². The molecule has 2 aromatic rings. The Morgan fingerprint density at radius 1 is 1.42 bits per heavy atom. The molecule has 0 saturated heterocycles. The smallest absolute Gasteiger partial charge is 0.137 e. The maximum Gasteiger partial charge on any atom is 0.137 e. The van der Waals surface area contributed by atoms with Gasteiger partial charge in [0.2, 0.25) is 0 Å². The Hall–Kier alpha value is -0.650. The van der Waals surface area contributed by atoms with Crippen LogP contribution in [0.4, 0.5) is 4.39 Å². The van der Waals surface area contributed by atoms with Crippen LogP contribution in [0.2, 0.25) is 0 Å². The predicted molar refractivity (Wildman–Crippen MR) is 79.6 cm³/mol. The number of ether oxygens (including phenoxy) is 1. The zero-order valence-corrected chi connectivity index (χ0v) is 13.2. The molecule has 0 saturated carbocycles. The summed E-state index contributed by atoms with van der Waals surface area (Å²) in [4.78, 5) is 4.37. The average Bonchev–Trinajstić information content (AvgIpc) is 2.87. The maximum atomic E-state index is 13.0. The molecule has 2 nitrogen and oxygen atoms in total. The lowest BCUT2D eigenvalue weighted by Crippen LogP contribution is -1.99. The van der Waals surface area contributed by atoms with Crippen LogP contribution in [0, 0.1) is 5.82 Å². The molecule has 0 unspecified atom stereocenters. The Kier molecular flexibility index (Phi) is 5.60. The summed E-state index contributed by atoms with van der Waals surface area (Å²) in [5.41, 5.74) is 0.921. The second-order valence-electron chi connectivity index (χ2n) is 3.89. The summed E-state index contributed by atoms with van der Waals surface area (Å²) >= 11 is 10.4. The molecule has 0 aliphatic rings. The number of hydrogen-bond acceptors (Lipinski definition) is 3. The molecular formula is C13H12BrClFNOS. The minimum atomic E-state index is -0.288. The highest BCUT2D eigenvalue weighted by molar-refractivity contribution is 9.10. The number of thiazole rings is 1. The zero-order chi connectivity index (χ0) is 13.7. The first-order chi connectivity index (χ1) is 9.19. The van der Waals surface area contributed by atoms with Gasteiger partial charge in [0.25, 0.3) is 0 Å². The number of benzene rings is 1. The van der Waals surface area contributed by atoms with Gasteiger partial charge >= 0.3 is 0 Å². The van der Waals surface area contributed by atoms with Crippen molar-refractivity contribution < 1.29 is 9.13 Å². The van der Waals surface area contributed by atoms with Gasteiger partial charge in [-0.1, -0.05) is 0 Å². The van der Waals surface area contributed by atoms with Gasteiger partial charge in [0.15, 0.2) is 0 Å². The summed E-state index contributed by atoms with van der Waals surface area (Å²) in [5, 5.41) is 3.04. The van der Waals surface area contributed by atoms with Gasteiger partial charge in [-0.05, 0) is 40.5 Å². The Bertz CT molecular complexity index is 549. The van der Waals surface area contributed by atoms with Gasteiger partial charge in [-0.2, -0.15) is 0 Å². The van der Waals surface area contributed by atoms with Crippen molar-refractivity contribution in [2.24, 2.45) is 0 Å². The molecule has 19 heavy (non-hydrogen) atoms. The Labute approximate surface area is 128 Å². The highest BCUT2D eigenvalue weighted by Gasteiger charge is 2.03. The third kappa shape index (κ3) is 4.44. The van der Waals surface area contributed by atoms with Crippen molar-refractivity contribution >= 4 is 38.9 Å². The number of rotatable bonds is 6. The average molecular weight is 365 g/mol. The van der Waals surface area contributed by atoms with Gasteiger partial charge in [0.05, 0.1) is 27.7 Å². The molecule has 0 aliphatic carbocycles. The SMILES string of the molecule is Fc1ccc(OCCCc2nc(CCl)cs2)cc1Br. The van der Waals surface area contributed by atoms with E-state index in [1.807, 2.05) is 5.38 Å². The van der Waals surface area contributed by atoms with E-state index in [-0.39, 0.29) is 5.82 Å². The first-order valence-corrected chi connectivity index (χ1v) is 7.97. The number of nitrogens with zero attached hydrogens (tertiary/aromatic N) is 1. The zero-order valence-electron chi connectivity index (χ0n) is 10.0. The molecule has 6 heteroatoms. The van der Waals surface area contributed by atoms with E-state index < -0.39 is 0 Å². The van der Waals surface area contributed by atoms with Crippen LogP contribution in [-0.2, 0) is 12.3 Å². The van der Waals surface area contributed by atoms with E-state index >= 15 is 0 Å². The number of halogens is 3. The van der Waals surface area contributed by atoms with Crippen LogP contribution in [0.25, 0.3) is 0 Å². The lowest BCUT2D eigenvalue weighted by molar-refractivity contribution is 0.310. The summed E-state index contributed by atoms with van der Waals surface area (Å²) in [6.45, 7) is 0.577. The van der Waals surface area contributed by atoms with Crippen molar-refractivity contribution in [2.75, 3.05) is 6.61 Å². The van der Waals surface area contributed by atoms with Crippen molar-refractivity contribution in [3.8, 4) is 5.75 Å². The normalized spacial score (nSPS) is 10.7. The maximum absolute atomic E-state index is 13.0. The Balaban J connectivity index is 1.75. The van der Waals surface area contributed by atoms with E-state index in [1.165, 1.54) is 6.07 Å². The van der Waals surface area contributed by atoms with Crippen LogP contribution in [-0.4, -0.2) is 11.6 Å². The lowest BCUT2D eigenvalue weighted by Gasteiger charge is -2.06. The van der Waals surface area contributed by atoms with Crippen LogP contribution >= 0.6 is 38.9 Å². The molecule has 0 spiro atoms. The van der Waals surface area contributed by atoms with Gasteiger partial charge in [-0.15, -0.1) is 22.9 Å². The molecule has 0 amide bonds. The minimum Gasteiger partial charge on any atom is -0.494 e. The third-order valence-corrected chi connectivity index (χ3v) is 4.27. The molecule has 1 heterocycles. The fraction of sp³-hybridized carbons (Fsp3) is 0.308. The molecule has 0 atom stereocenters. The topological polar surface area (TPSA) is 22.1 Å². The lowest BCUT2D eigenvalue weighted by atomic mass is 10.3. The summed E-state index contributed by atoms with van der Waals surface area (Å²) in [6.07, 6.45) is 1.73. The molecule has 0 N–H and O–H groups in total. The monoisotopic (exact) mass is 363 g/mol. The van der Waals surface area contributed by atoms with Crippen LogP contribution in [0.15, 0.2) is 28.1 Å². The van der Waals surface area contributed by atoms with Crippen LogP contribution in [0.1, 0.15) is 17.1 Å². The van der Waals surface area contributed by atoms with Crippen molar-refractivity contribution in [3.63, 3.8) is 0 Å². The largest absolute Gasteiger partial charge is 0.494 e. The van der Waals surface area contributed by atoms with Gasteiger partial charge in [0.1, 0.15) is 11.6 Å². The standard InChI is InChI=1S/C13H12BrClFNOS/c14-11-6-10(3-4-12(11)16)18-5-1-2-13-17-9(7-15)8-19-13/h3-4,6,8H,1-2,5,7H2. The second-order valence-corrected chi connectivity index (χ2v) is 5.96. The highest BCUT2D eigenvalue weighted by atomic mass is 79.9. The van der Waals surface area contributed by atoms with E-state index in [9.17, 15) is 4.39 Å². The number of alkyl halides is 1. The summed E-state index contributed by atoms with van der Waals surface area (Å²) in [7, 11) is 0. The first-order valence-electron chi connectivity index (χ1n) is 5.76. The van der Waals surface area contributed by atoms with Gasteiger partial charge in [-0.3, -0.25) is 0 Å². The fourth-order valence-corrected chi connectivity index (χ4v) is 2.93. The second kappa shape index (κ2) is 7.22. The molecule has 102 valence electrons. The number of aryl methyl sites for hydroxylation is 1. The van der Waals surface area contributed by atoms with Crippen molar-refractivity contribution in [1.82, 2.24) is 4.98 Å². The van der Waals surface area contributed by atoms with Crippen molar-refractivity contribution in [1.29, 1.82) is 0 Å². The molecule has 0 radical (unpaired) electrons. The van der Waals surface area contributed by atoms with Gasteiger partial charge in [-0.25, -0.2) is 9.37 Å². The van der Waals surface area contributed by atoms with Gasteiger partial charge < -0.3 is 4.74 Å². The quantitative estimate of drug-likeness (QED) is 0.543. The molecule has 0 aliphatic heterocycles. The van der Waals surface area contributed by atoms with E-state index in [0.29, 0.717) is 22.7 Å². The van der Waals surface area contributed by atoms with E-state index in [4.69, 9.17) is 16.3 Å². The molecule has 0 fully saturated rings.